The highest BCUT2D eigenvalue weighted by Gasteiger charge is 2.42. The van der Waals surface area contributed by atoms with Crippen LogP contribution in [0.25, 0.3) is 0 Å². The molecule has 2 heterocycles. The lowest BCUT2D eigenvalue weighted by atomic mass is 9.73. The predicted octanol–water partition coefficient (Wildman–Crippen LogP) is 3.47. The third kappa shape index (κ3) is 4.18. The van der Waals surface area contributed by atoms with Gasteiger partial charge in [0.15, 0.2) is 0 Å². The van der Waals surface area contributed by atoms with E-state index in [9.17, 15) is 9.59 Å². The molecule has 6 heteroatoms. The molecule has 164 valence electrons. The fourth-order valence-electron chi connectivity index (χ4n) is 5.21. The number of aromatic nitrogens is 2. The van der Waals surface area contributed by atoms with Crippen LogP contribution in [0.1, 0.15) is 74.6 Å². The first-order chi connectivity index (χ1) is 15.2. The molecule has 5 rings (SSSR count). The fraction of sp³-hybridized carbons (Fsp3) is 0.560. The van der Waals surface area contributed by atoms with Gasteiger partial charge in [-0.15, -0.1) is 0 Å². The first kappa shape index (κ1) is 20.4. The number of benzene rings is 1. The van der Waals surface area contributed by atoms with Crippen LogP contribution in [0.3, 0.4) is 0 Å². The van der Waals surface area contributed by atoms with E-state index < -0.39 is 5.41 Å². The Kier molecular flexibility index (Phi) is 5.65. The normalized spacial score (nSPS) is 25.7. The Morgan fingerprint density at radius 3 is 2.35 bits per heavy atom. The maximum Gasteiger partial charge on any atom is 0.267 e. The molecule has 1 aromatic carbocycles. The van der Waals surface area contributed by atoms with Gasteiger partial charge in [-0.2, -0.15) is 5.10 Å². The van der Waals surface area contributed by atoms with Gasteiger partial charge >= 0.3 is 0 Å². The molecule has 1 N–H and O–H groups in total. The number of carbonyl (C=O) groups excluding carboxylic acids is 1. The van der Waals surface area contributed by atoms with Crippen molar-refractivity contribution in [3.8, 4) is 0 Å². The minimum atomic E-state index is -0.506. The highest BCUT2D eigenvalue weighted by Crippen LogP contribution is 2.39. The van der Waals surface area contributed by atoms with Crippen molar-refractivity contribution in [2.45, 2.75) is 74.8 Å². The van der Waals surface area contributed by atoms with Gasteiger partial charge in [-0.1, -0.05) is 30.3 Å². The number of carbonyl (C=O) groups is 1. The summed E-state index contributed by atoms with van der Waals surface area (Å²) >= 11 is 0. The summed E-state index contributed by atoms with van der Waals surface area (Å²) in [7, 11) is 0. The van der Waals surface area contributed by atoms with Crippen LogP contribution in [0.4, 0.5) is 0 Å². The van der Waals surface area contributed by atoms with Crippen LogP contribution in [-0.2, 0) is 14.9 Å². The Labute approximate surface area is 183 Å². The number of amides is 1. The topological polar surface area (TPSA) is 73.2 Å². The molecule has 3 aliphatic rings. The van der Waals surface area contributed by atoms with Gasteiger partial charge in [0.1, 0.15) is 0 Å². The molecule has 1 aromatic heterocycles. The highest BCUT2D eigenvalue weighted by atomic mass is 16.5. The number of ether oxygens (including phenoxy) is 1. The van der Waals surface area contributed by atoms with Crippen molar-refractivity contribution in [3.05, 3.63) is 64.1 Å². The summed E-state index contributed by atoms with van der Waals surface area (Å²) in [6.45, 7) is 1.22. The standard InChI is InChI=1S/C25H31N3O3/c29-23-13-12-22(18-6-7-18)27-28(23)21-10-8-20(9-11-21)26-24(30)25(14-16-31-17-15-25)19-4-2-1-3-5-19/h1-5,12-13,18,20-21H,6-11,14-17H2,(H,26,30). The van der Waals surface area contributed by atoms with E-state index in [0.717, 1.165) is 36.9 Å². The van der Waals surface area contributed by atoms with E-state index in [0.29, 0.717) is 32.0 Å². The van der Waals surface area contributed by atoms with E-state index >= 15 is 0 Å². The first-order valence-corrected chi connectivity index (χ1v) is 11.7. The second kappa shape index (κ2) is 8.58. The Morgan fingerprint density at radius 1 is 0.968 bits per heavy atom. The molecule has 6 nitrogen and oxygen atoms in total. The summed E-state index contributed by atoms with van der Waals surface area (Å²) in [4.78, 5) is 25.9. The van der Waals surface area contributed by atoms with E-state index in [4.69, 9.17) is 4.74 Å². The average Bonchev–Trinajstić information content (AvgIpc) is 3.67. The van der Waals surface area contributed by atoms with Gasteiger partial charge in [0.2, 0.25) is 5.91 Å². The predicted molar refractivity (Wildman–Crippen MR) is 118 cm³/mol. The van der Waals surface area contributed by atoms with Gasteiger partial charge in [-0.25, -0.2) is 4.68 Å². The number of nitrogens with one attached hydrogen (secondary N) is 1. The molecule has 1 amide bonds. The van der Waals surface area contributed by atoms with Crippen molar-refractivity contribution in [2.75, 3.05) is 13.2 Å². The monoisotopic (exact) mass is 421 g/mol. The van der Waals surface area contributed by atoms with Gasteiger partial charge < -0.3 is 10.1 Å². The number of hydrogen-bond donors (Lipinski definition) is 1. The molecule has 0 unspecified atom stereocenters. The molecule has 0 radical (unpaired) electrons. The Balaban J connectivity index is 1.25. The van der Waals surface area contributed by atoms with Gasteiger partial charge in [-0.05, 0) is 63.0 Å². The van der Waals surface area contributed by atoms with Crippen LogP contribution >= 0.6 is 0 Å². The first-order valence-electron chi connectivity index (χ1n) is 11.7. The van der Waals surface area contributed by atoms with E-state index in [-0.39, 0.29) is 23.6 Å². The molecule has 0 bridgehead atoms. The van der Waals surface area contributed by atoms with Crippen molar-refractivity contribution >= 4 is 5.91 Å². The quantitative estimate of drug-likeness (QED) is 0.802. The molecular formula is C25H31N3O3. The smallest absolute Gasteiger partial charge is 0.267 e. The van der Waals surface area contributed by atoms with Crippen LogP contribution in [0.2, 0.25) is 0 Å². The van der Waals surface area contributed by atoms with Crippen LogP contribution in [-0.4, -0.2) is 34.9 Å². The van der Waals surface area contributed by atoms with Gasteiger partial charge in [0, 0.05) is 31.2 Å². The third-order valence-electron chi connectivity index (χ3n) is 7.33. The second-order valence-corrected chi connectivity index (χ2v) is 9.35. The Hall–Kier alpha value is -2.47. The summed E-state index contributed by atoms with van der Waals surface area (Å²) in [5, 5.41) is 8.02. The zero-order valence-electron chi connectivity index (χ0n) is 18.0. The van der Waals surface area contributed by atoms with Crippen molar-refractivity contribution < 1.29 is 9.53 Å². The third-order valence-corrected chi connectivity index (χ3v) is 7.33. The molecule has 3 fully saturated rings. The minimum Gasteiger partial charge on any atom is -0.381 e. The maximum absolute atomic E-state index is 13.5. The Bertz CT molecular complexity index is 969. The molecule has 2 saturated carbocycles. The lowest BCUT2D eigenvalue weighted by Gasteiger charge is -2.38. The van der Waals surface area contributed by atoms with Crippen LogP contribution < -0.4 is 10.9 Å². The van der Waals surface area contributed by atoms with Crippen molar-refractivity contribution in [1.29, 1.82) is 0 Å². The number of rotatable bonds is 5. The van der Waals surface area contributed by atoms with E-state index in [1.54, 1.807) is 10.7 Å². The molecule has 1 saturated heterocycles. The highest BCUT2D eigenvalue weighted by molar-refractivity contribution is 5.88. The summed E-state index contributed by atoms with van der Waals surface area (Å²) in [6.07, 6.45) is 7.27. The number of hydrogen-bond acceptors (Lipinski definition) is 4. The lowest BCUT2D eigenvalue weighted by molar-refractivity contribution is -0.131. The van der Waals surface area contributed by atoms with Gasteiger partial charge in [0.05, 0.1) is 17.2 Å². The average molecular weight is 422 g/mol. The van der Waals surface area contributed by atoms with Crippen molar-refractivity contribution in [1.82, 2.24) is 15.1 Å². The van der Waals surface area contributed by atoms with Crippen LogP contribution in [0.5, 0.6) is 0 Å². The largest absolute Gasteiger partial charge is 0.381 e. The Morgan fingerprint density at radius 2 is 1.68 bits per heavy atom. The van der Waals surface area contributed by atoms with E-state index in [2.05, 4.69) is 22.5 Å². The van der Waals surface area contributed by atoms with Crippen LogP contribution in [0.15, 0.2) is 47.3 Å². The zero-order chi connectivity index (χ0) is 21.3. The summed E-state index contributed by atoms with van der Waals surface area (Å²) in [5.74, 6) is 0.660. The van der Waals surface area contributed by atoms with E-state index in [1.807, 2.05) is 24.3 Å². The van der Waals surface area contributed by atoms with Crippen molar-refractivity contribution in [3.63, 3.8) is 0 Å². The molecule has 31 heavy (non-hydrogen) atoms. The SMILES string of the molecule is O=C(NC1CCC(n2nc(C3CC3)ccc2=O)CC1)C1(c2ccccc2)CCOCC1. The summed E-state index contributed by atoms with van der Waals surface area (Å²) in [5.41, 5.74) is 1.62. The van der Waals surface area contributed by atoms with Crippen LogP contribution in [0, 0.1) is 0 Å². The summed E-state index contributed by atoms with van der Waals surface area (Å²) < 4.78 is 7.28. The molecule has 2 aliphatic carbocycles. The molecule has 2 aromatic rings. The van der Waals surface area contributed by atoms with Gasteiger partial charge in [-0.3, -0.25) is 9.59 Å². The molecule has 0 spiro atoms. The minimum absolute atomic E-state index is 0.0119. The molecule has 0 atom stereocenters. The maximum atomic E-state index is 13.5. The number of nitrogens with zero attached hydrogens (tertiary/aromatic N) is 2. The fourth-order valence-corrected chi connectivity index (χ4v) is 5.21. The molecule has 1 aliphatic heterocycles. The zero-order valence-corrected chi connectivity index (χ0v) is 18.0. The van der Waals surface area contributed by atoms with Gasteiger partial charge in [0.25, 0.3) is 5.56 Å². The van der Waals surface area contributed by atoms with Crippen molar-refractivity contribution in [2.24, 2.45) is 0 Å². The molecular weight excluding hydrogens is 390 g/mol. The lowest BCUT2D eigenvalue weighted by Crippen LogP contribution is -2.51. The summed E-state index contributed by atoms with van der Waals surface area (Å²) in [6, 6.07) is 14.0. The van der Waals surface area contributed by atoms with E-state index in [1.165, 1.54) is 12.8 Å². The second-order valence-electron chi connectivity index (χ2n) is 9.35.